The smallest absolute Gasteiger partial charge is 0.407 e. The summed E-state index contributed by atoms with van der Waals surface area (Å²) in [5.74, 6) is -0.745. The van der Waals surface area contributed by atoms with Crippen molar-refractivity contribution < 1.29 is 34.2 Å². The van der Waals surface area contributed by atoms with Crippen LogP contribution < -0.4 is 5.32 Å². The van der Waals surface area contributed by atoms with Crippen LogP contribution in [0.4, 0.5) is 10.5 Å². The topological polar surface area (TPSA) is 148 Å². The number of nitro benzene ring substituents is 1. The lowest BCUT2D eigenvalue weighted by Gasteiger charge is -2.19. The van der Waals surface area contributed by atoms with Crippen LogP contribution in [0.2, 0.25) is 0 Å². The number of benzene rings is 2. The average molecular weight is 418 g/mol. The summed E-state index contributed by atoms with van der Waals surface area (Å²) in [5, 5.41) is 34.1. The van der Waals surface area contributed by atoms with Crippen LogP contribution in [0.15, 0.2) is 48.5 Å². The Morgan fingerprint density at radius 2 is 1.83 bits per heavy atom. The van der Waals surface area contributed by atoms with Gasteiger partial charge in [0.2, 0.25) is 0 Å². The third kappa shape index (κ3) is 6.26. The van der Waals surface area contributed by atoms with Gasteiger partial charge >= 0.3 is 12.1 Å². The molecule has 2 rings (SSSR count). The van der Waals surface area contributed by atoms with Crippen molar-refractivity contribution >= 4 is 17.7 Å². The van der Waals surface area contributed by atoms with Crippen molar-refractivity contribution in [3.05, 3.63) is 75.3 Å². The molecule has 3 N–H and O–H groups in total. The number of hydrogen-bond donors (Lipinski definition) is 3. The van der Waals surface area contributed by atoms with E-state index in [1.165, 1.54) is 6.07 Å². The summed E-state index contributed by atoms with van der Waals surface area (Å²) in [5.41, 5.74) is -0.0547. The minimum absolute atomic E-state index is 0.0200. The fourth-order valence-corrected chi connectivity index (χ4v) is 2.57. The lowest BCUT2D eigenvalue weighted by Crippen LogP contribution is -2.36. The molecule has 30 heavy (non-hydrogen) atoms. The van der Waals surface area contributed by atoms with Crippen LogP contribution in [0.5, 0.6) is 0 Å². The van der Waals surface area contributed by atoms with E-state index in [0.29, 0.717) is 0 Å². The number of nitro groups is 1. The zero-order valence-corrected chi connectivity index (χ0v) is 16.2. The fraction of sp³-hybridized carbons (Fsp3) is 0.300. The summed E-state index contributed by atoms with van der Waals surface area (Å²) in [4.78, 5) is 34.1. The second kappa shape index (κ2) is 10.9. The molecule has 0 saturated carbocycles. The third-order valence-corrected chi connectivity index (χ3v) is 4.09. The van der Waals surface area contributed by atoms with Gasteiger partial charge < -0.3 is 25.0 Å². The van der Waals surface area contributed by atoms with E-state index in [0.717, 1.165) is 17.7 Å². The Morgan fingerprint density at radius 1 is 1.13 bits per heavy atom. The molecule has 0 fully saturated rings. The summed E-state index contributed by atoms with van der Waals surface area (Å²) in [6.45, 7) is 1.30. The van der Waals surface area contributed by atoms with E-state index in [2.05, 4.69) is 5.32 Å². The van der Waals surface area contributed by atoms with Crippen LogP contribution in [-0.4, -0.2) is 46.5 Å². The molecule has 0 spiro atoms. The first kappa shape index (κ1) is 22.8. The molecular formula is C20H22N2O8. The molecule has 10 nitrogen and oxygen atoms in total. The zero-order chi connectivity index (χ0) is 22.1. The Labute approximate surface area is 172 Å². The second-order valence-corrected chi connectivity index (χ2v) is 6.21. The average Bonchev–Trinajstić information content (AvgIpc) is 2.75. The first-order valence-corrected chi connectivity index (χ1v) is 9.09. The summed E-state index contributed by atoms with van der Waals surface area (Å²) >= 11 is 0. The number of aliphatic hydroxyl groups excluding tert-OH is 2. The van der Waals surface area contributed by atoms with E-state index < -0.39 is 41.4 Å². The lowest BCUT2D eigenvalue weighted by atomic mass is 10.0. The number of nitrogens with zero attached hydrogens (tertiary/aromatic N) is 1. The largest absolute Gasteiger partial charge is 0.462 e. The number of aliphatic hydroxyl groups is 2. The normalized spacial score (nSPS) is 12.5. The maximum absolute atomic E-state index is 11.8. The zero-order valence-electron chi connectivity index (χ0n) is 16.2. The highest BCUT2D eigenvalue weighted by Crippen LogP contribution is 2.28. The highest BCUT2D eigenvalue weighted by molar-refractivity contribution is 5.90. The van der Waals surface area contributed by atoms with E-state index in [9.17, 15) is 29.9 Å². The van der Waals surface area contributed by atoms with Gasteiger partial charge in [0.15, 0.2) is 0 Å². The van der Waals surface area contributed by atoms with Crippen LogP contribution in [0, 0.1) is 10.1 Å². The van der Waals surface area contributed by atoms with Crippen LogP contribution in [-0.2, 0) is 16.1 Å². The van der Waals surface area contributed by atoms with Crippen molar-refractivity contribution in [2.45, 2.75) is 25.7 Å². The van der Waals surface area contributed by atoms with Crippen molar-refractivity contribution in [1.82, 2.24) is 5.32 Å². The molecule has 2 aromatic carbocycles. The van der Waals surface area contributed by atoms with Crippen LogP contribution in [0.1, 0.15) is 34.5 Å². The van der Waals surface area contributed by atoms with Gasteiger partial charge in [-0.15, -0.1) is 0 Å². The van der Waals surface area contributed by atoms with Gasteiger partial charge in [-0.1, -0.05) is 30.3 Å². The Hall–Kier alpha value is -3.50. The summed E-state index contributed by atoms with van der Waals surface area (Å²) < 4.78 is 9.78. The van der Waals surface area contributed by atoms with Gasteiger partial charge in [-0.2, -0.15) is 0 Å². The molecule has 0 aliphatic carbocycles. The van der Waals surface area contributed by atoms with Crippen LogP contribution >= 0.6 is 0 Å². The third-order valence-electron chi connectivity index (χ3n) is 4.09. The van der Waals surface area contributed by atoms with Crippen molar-refractivity contribution in [2.75, 3.05) is 13.2 Å². The Morgan fingerprint density at radius 3 is 2.47 bits per heavy atom. The van der Waals surface area contributed by atoms with Gasteiger partial charge in [-0.3, -0.25) is 10.1 Å². The molecule has 2 unspecified atom stereocenters. The second-order valence-electron chi connectivity index (χ2n) is 6.21. The SMILES string of the molecule is CCOC(=O)c1ccc(C(O)C(O)CNC(=O)OCc2ccccc2)c([N+](=O)[O-])c1. The molecule has 2 atom stereocenters. The van der Waals surface area contributed by atoms with E-state index in [1.54, 1.807) is 31.2 Å². The van der Waals surface area contributed by atoms with Crippen molar-refractivity contribution in [3.8, 4) is 0 Å². The summed E-state index contributed by atoms with van der Waals surface area (Å²) in [7, 11) is 0. The van der Waals surface area contributed by atoms with Crippen LogP contribution in [0.25, 0.3) is 0 Å². The molecule has 0 radical (unpaired) electrons. The molecule has 0 aromatic heterocycles. The number of rotatable bonds is 9. The van der Waals surface area contributed by atoms with Gasteiger partial charge in [0.25, 0.3) is 5.69 Å². The lowest BCUT2D eigenvalue weighted by molar-refractivity contribution is -0.386. The maximum Gasteiger partial charge on any atom is 0.407 e. The fourth-order valence-electron chi connectivity index (χ4n) is 2.57. The summed E-state index contributed by atoms with van der Waals surface area (Å²) in [6, 6.07) is 12.3. The maximum atomic E-state index is 11.8. The van der Waals surface area contributed by atoms with Gasteiger partial charge in [0.05, 0.1) is 22.7 Å². The number of carbonyl (C=O) groups excluding carboxylic acids is 2. The molecule has 1 amide bonds. The number of esters is 1. The first-order valence-electron chi connectivity index (χ1n) is 9.09. The molecule has 10 heteroatoms. The molecule has 0 aliphatic rings. The molecule has 2 aromatic rings. The van der Waals surface area contributed by atoms with E-state index in [1.807, 2.05) is 6.07 Å². The van der Waals surface area contributed by atoms with E-state index in [4.69, 9.17) is 9.47 Å². The number of nitrogens with one attached hydrogen (secondary N) is 1. The summed E-state index contributed by atoms with van der Waals surface area (Å²) in [6.07, 6.45) is -4.06. The number of alkyl carbamates (subject to hydrolysis) is 1. The minimum atomic E-state index is -1.68. The monoisotopic (exact) mass is 418 g/mol. The Kier molecular flexibility index (Phi) is 8.27. The highest BCUT2D eigenvalue weighted by atomic mass is 16.6. The molecule has 0 saturated heterocycles. The highest BCUT2D eigenvalue weighted by Gasteiger charge is 2.28. The Bertz CT molecular complexity index is 888. The van der Waals surface area contributed by atoms with Crippen molar-refractivity contribution in [3.63, 3.8) is 0 Å². The van der Waals surface area contributed by atoms with Gasteiger partial charge in [-0.05, 0) is 24.6 Å². The van der Waals surface area contributed by atoms with E-state index in [-0.39, 0.29) is 24.3 Å². The standard InChI is InChI=1S/C20H22N2O8/c1-2-29-19(25)14-8-9-15(16(10-14)22(27)28)18(24)17(23)11-21-20(26)30-12-13-6-4-3-5-7-13/h3-10,17-18,23-24H,2,11-12H2,1H3,(H,21,26). The predicted molar refractivity (Wildman–Crippen MR) is 105 cm³/mol. The van der Waals surface area contributed by atoms with Gasteiger partial charge in [-0.25, -0.2) is 9.59 Å². The van der Waals surface area contributed by atoms with E-state index >= 15 is 0 Å². The number of carbonyl (C=O) groups is 2. The predicted octanol–water partition coefficient (Wildman–Crippen LogP) is 2.09. The van der Waals surface area contributed by atoms with Gasteiger partial charge in [0.1, 0.15) is 18.8 Å². The first-order chi connectivity index (χ1) is 14.3. The molecule has 160 valence electrons. The van der Waals surface area contributed by atoms with Gasteiger partial charge in [0, 0.05) is 12.6 Å². The van der Waals surface area contributed by atoms with Crippen LogP contribution in [0.3, 0.4) is 0 Å². The number of ether oxygens (including phenoxy) is 2. The number of amides is 1. The molecule has 0 heterocycles. The number of hydrogen-bond acceptors (Lipinski definition) is 8. The molecular weight excluding hydrogens is 396 g/mol. The minimum Gasteiger partial charge on any atom is -0.462 e. The quantitative estimate of drug-likeness (QED) is 0.318. The Balaban J connectivity index is 1.99. The molecule has 0 bridgehead atoms. The van der Waals surface area contributed by atoms with Crippen molar-refractivity contribution in [1.29, 1.82) is 0 Å². The molecule has 0 aliphatic heterocycles. The van der Waals surface area contributed by atoms with Crippen molar-refractivity contribution in [2.24, 2.45) is 0 Å².